The topological polar surface area (TPSA) is 162 Å². The zero-order valence-electron chi connectivity index (χ0n) is 13.6. The minimum atomic E-state index is -4.74. The fourth-order valence-electron chi connectivity index (χ4n) is 3.27. The van der Waals surface area contributed by atoms with Crippen molar-refractivity contribution >= 4 is 16.3 Å². The first kappa shape index (κ1) is 18.3. The zero-order valence-corrected chi connectivity index (χ0v) is 14.4. The third-order valence-corrected chi connectivity index (χ3v) is 5.11. The molecule has 2 aliphatic rings. The SMILES string of the molecule is NC1CC(c2cc([C@@H](N)CC[C@@H]3CCC(=O)N3OS(=O)(=O)O)no2)C1. The van der Waals surface area contributed by atoms with Crippen LogP contribution in [0.1, 0.15) is 61.9 Å². The second-order valence-electron chi connectivity index (χ2n) is 6.68. The minimum absolute atomic E-state index is 0.158. The average molecular weight is 374 g/mol. The van der Waals surface area contributed by atoms with Crippen LogP contribution in [0.15, 0.2) is 10.6 Å². The molecule has 140 valence electrons. The van der Waals surface area contributed by atoms with E-state index in [1.165, 1.54) is 0 Å². The van der Waals surface area contributed by atoms with Gasteiger partial charge in [-0.1, -0.05) is 5.16 Å². The van der Waals surface area contributed by atoms with E-state index in [1.807, 2.05) is 6.07 Å². The van der Waals surface area contributed by atoms with Crippen LogP contribution in [0.4, 0.5) is 0 Å². The monoisotopic (exact) mass is 374 g/mol. The van der Waals surface area contributed by atoms with Crippen molar-refractivity contribution < 1.29 is 26.6 Å². The summed E-state index contributed by atoms with van der Waals surface area (Å²) >= 11 is 0. The summed E-state index contributed by atoms with van der Waals surface area (Å²) in [7, 11) is -4.74. The molecule has 1 amide bonds. The molecule has 1 saturated carbocycles. The Morgan fingerprint density at radius 1 is 1.48 bits per heavy atom. The lowest BCUT2D eigenvalue weighted by atomic mass is 9.79. The predicted octanol–water partition coefficient (Wildman–Crippen LogP) is 0.385. The normalized spacial score (nSPS) is 28.2. The van der Waals surface area contributed by atoms with Gasteiger partial charge in [0.1, 0.15) is 11.5 Å². The average Bonchev–Trinajstić information content (AvgIpc) is 3.09. The van der Waals surface area contributed by atoms with Crippen molar-refractivity contribution in [2.45, 2.75) is 62.6 Å². The van der Waals surface area contributed by atoms with Crippen LogP contribution in [-0.4, -0.2) is 41.2 Å². The fourth-order valence-corrected chi connectivity index (χ4v) is 3.68. The van der Waals surface area contributed by atoms with Gasteiger partial charge in [-0.2, -0.15) is 13.5 Å². The second kappa shape index (κ2) is 7.00. The van der Waals surface area contributed by atoms with Crippen molar-refractivity contribution in [2.24, 2.45) is 11.5 Å². The van der Waals surface area contributed by atoms with Crippen LogP contribution in [0, 0.1) is 0 Å². The molecule has 1 aromatic rings. The number of rotatable bonds is 7. The molecule has 3 rings (SSSR count). The first-order valence-electron chi connectivity index (χ1n) is 8.19. The molecule has 0 spiro atoms. The summed E-state index contributed by atoms with van der Waals surface area (Å²) in [6.07, 6.45) is 3.21. The number of carbonyl (C=O) groups is 1. The van der Waals surface area contributed by atoms with Crippen LogP contribution in [0.25, 0.3) is 0 Å². The highest BCUT2D eigenvalue weighted by molar-refractivity contribution is 7.80. The molecule has 0 bridgehead atoms. The molecule has 0 unspecified atom stereocenters. The van der Waals surface area contributed by atoms with Gasteiger partial charge in [0.2, 0.25) is 5.91 Å². The van der Waals surface area contributed by atoms with Crippen LogP contribution >= 0.6 is 0 Å². The van der Waals surface area contributed by atoms with Crippen molar-refractivity contribution in [2.75, 3.05) is 0 Å². The van der Waals surface area contributed by atoms with Crippen LogP contribution in [0.5, 0.6) is 0 Å². The van der Waals surface area contributed by atoms with E-state index >= 15 is 0 Å². The number of hydrogen-bond donors (Lipinski definition) is 3. The lowest BCUT2D eigenvalue weighted by molar-refractivity contribution is -0.157. The first-order chi connectivity index (χ1) is 11.7. The lowest BCUT2D eigenvalue weighted by Gasteiger charge is -2.29. The fraction of sp³-hybridized carbons (Fsp3) is 0.714. The van der Waals surface area contributed by atoms with E-state index < -0.39 is 28.4 Å². The minimum Gasteiger partial charge on any atom is -0.361 e. The van der Waals surface area contributed by atoms with Crippen LogP contribution in [-0.2, 0) is 19.5 Å². The highest BCUT2D eigenvalue weighted by atomic mass is 32.3. The van der Waals surface area contributed by atoms with Gasteiger partial charge in [0, 0.05) is 24.4 Å². The molecule has 25 heavy (non-hydrogen) atoms. The lowest BCUT2D eigenvalue weighted by Crippen LogP contribution is -2.35. The molecule has 2 heterocycles. The Kier molecular flexibility index (Phi) is 5.11. The summed E-state index contributed by atoms with van der Waals surface area (Å²) in [4.78, 5) is 11.7. The number of hydrogen-bond acceptors (Lipinski definition) is 8. The van der Waals surface area contributed by atoms with Gasteiger partial charge in [-0.3, -0.25) is 9.35 Å². The third-order valence-electron chi connectivity index (χ3n) is 4.76. The zero-order chi connectivity index (χ0) is 18.2. The van der Waals surface area contributed by atoms with E-state index in [-0.39, 0.29) is 18.4 Å². The van der Waals surface area contributed by atoms with Gasteiger partial charge in [0.05, 0.1) is 12.1 Å². The molecule has 1 aliphatic heterocycles. The summed E-state index contributed by atoms with van der Waals surface area (Å²) < 4.78 is 40.1. The van der Waals surface area contributed by atoms with E-state index in [0.717, 1.165) is 18.6 Å². The van der Waals surface area contributed by atoms with Gasteiger partial charge < -0.3 is 16.0 Å². The smallest absolute Gasteiger partial charge is 0.361 e. The molecule has 2 atom stereocenters. The molecule has 1 aromatic heterocycles. The summed E-state index contributed by atoms with van der Waals surface area (Å²) in [6, 6.07) is 1.17. The van der Waals surface area contributed by atoms with Gasteiger partial charge >= 0.3 is 10.4 Å². The highest BCUT2D eigenvalue weighted by Gasteiger charge is 2.36. The van der Waals surface area contributed by atoms with E-state index in [9.17, 15) is 13.2 Å². The molecule has 11 heteroatoms. The van der Waals surface area contributed by atoms with Crippen LogP contribution in [0.2, 0.25) is 0 Å². The van der Waals surface area contributed by atoms with E-state index in [4.69, 9.17) is 20.5 Å². The summed E-state index contributed by atoms with van der Waals surface area (Å²) in [6.45, 7) is 0. The molecule has 0 radical (unpaired) electrons. The Balaban J connectivity index is 1.54. The van der Waals surface area contributed by atoms with Gasteiger partial charge in [-0.15, -0.1) is 4.28 Å². The molecule has 5 N–H and O–H groups in total. The van der Waals surface area contributed by atoms with Gasteiger partial charge in [0.15, 0.2) is 0 Å². The summed E-state index contributed by atoms with van der Waals surface area (Å²) in [5.41, 5.74) is 12.5. The highest BCUT2D eigenvalue weighted by Crippen LogP contribution is 2.36. The molecule has 1 saturated heterocycles. The number of aromatic nitrogens is 1. The quantitative estimate of drug-likeness (QED) is 0.573. The van der Waals surface area contributed by atoms with E-state index in [2.05, 4.69) is 9.44 Å². The van der Waals surface area contributed by atoms with Gasteiger partial charge in [-0.05, 0) is 32.1 Å². The molecule has 1 aliphatic carbocycles. The number of carbonyl (C=O) groups excluding carboxylic acids is 1. The van der Waals surface area contributed by atoms with Crippen molar-refractivity contribution in [3.63, 3.8) is 0 Å². The van der Waals surface area contributed by atoms with Crippen LogP contribution in [0.3, 0.4) is 0 Å². The van der Waals surface area contributed by atoms with E-state index in [1.54, 1.807) is 0 Å². The van der Waals surface area contributed by atoms with Gasteiger partial charge in [-0.25, -0.2) is 0 Å². The van der Waals surface area contributed by atoms with Crippen LogP contribution < -0.4 is 11.5 Å². The number of nitrogens with two attached hydrogens (primary N) is 2. The Morgan fingerprint density at radius 2 is 2.20 bits per heavy atom. The van der Waals surface area contributed by atoms with Crippen molar-refractivity contribution in [3.05, 3.63) is 17.5 Å². The van der Waals surface area contributed by atoms with Crippen molar-refractivity contribution in [1.29, 1.82) is 0 Å². The maximum absolute atomic E-state index is 11.7. The third kappa shape index (κ3) is 4.36. The summed E-state index contributed by atoms with van der Waals surface area (Å²) in [5.74, 6) is 0.579. The maximum Gasteiger partial charge on any atom is 0.418 e. The van der Waals surface area contributed by atoms with Crippen molar-refractivity contribution in [3.8, 4) is 0 Å². The van der Waals surface area contributed by atoms with Gasteiger partial charge in [0.25, 0.3) is 0 Å². The van der Waals surface area contributed by atoms with E-state index in [0.29, 0.717) is 30.0 Å². The molecular weight excluding hydrogens is 352 g/mol. The number of hydroxylamine groups is 2. The maximum atomic E-state index is 11.7. The largest absolute Gasteiger partial charge is 0.418 e. The Hall–Kier alpha value is -1.53. The molecule has 2 fully saturated rings. The summed E-state index contributed by atoms with van der Waals surface area (Å²) in [5, 5.41) is 4.71. The molecule has 10 nitrogen and oxygen atoms in total. The number of amides is 1. The Morgan fingerprint density at radius 3 is 2.84 bits per heavy atom. The molecular formula is C14H22N4O6S. The Labute approximate surface area is 145 Å². The first-order valence-corrected chi connectivity index (χ1v) is 9.56. The molecule has 0 aromatic carbocycles. The Bertz CT molecular complexity index is 729. The predicted molar refractivity (Wildman–Crippen MR) is 85.1 cm³/mol. The second-order valence-corrected chi connectivity index (χ2v) is 7.69. The number of nitrogens with zero attached hydrogens (tertiary/aromatic N) is 2. The van der Waals surface area contributed by atoms with Crippen molar-refractivity contribution in [1.82, 2.24) is 10.2 Å². The standard InChI is InChI=1S/C14H22N4O6S/c15-9-5-8(6-9)13-7-12(17-23-13)11(16)3-1-10-2-4-14(19)18(10)24-25(20,21)22/h7-11H,1-6,15-16H2,(H,20,21,22)/t8?,9?,10-,11+/m1/s1.